The monoisotopic (exact) mass is 264 g/mol. The van der Waals surface area contributed by atoms with Gasteiger partial charge in [0.25, 0.3) is 0 Å². The maximum absolute atomic E-state index is 13.4. The van der Waals surface area contributed by atoms with Gasteiger partial charge < -0.3 is 10.6 Å². The molecule has 0 bridgehead atoms. The maximum atomic E-state index is 13.4. The Kier molecular flexibility index (Phi) is 4.53. The molecule has 1 amide bonds. The van der Waals surface area contributed by atoms with Crippen LogP contribution in [0.4, 0.5) is 4.39 Å². The summed E-state index contributed by atoms with van der Waals surface area (Å²) in [6.07, 6.45) is 2.36. The fourth-order valence-electron chi connectivity index (χ4n) is 2.46. The number of amides is 1. The van der Waals surface area contributed by atoms with Crippen LogP contribution in [-0.4, -0.2) is 25.5 Å². The van der Waals surface area contributed by atoms with E-state index in [9.17, 15) is 9.18 Å². The van der Waals surface area contributed by atoms with E-state index in [4.69, 9.17) is 0 Å². The van der Waals surface area contributed by atoms with Crippen LogP contribution in [0, 0.1) is 11.2 Å². The maximum Gasteiger partial charge on any atom is 0.224 e. The molecule has 1 saturated heterocycles. The van der Waals surface area contributed by atoms with Crippen LogP contribution in [0.15, 0.2) is 24.3 Å². The van der Waals surface area contributed by atoms with Crippen LogP contribution in [0.5, 0.6) is 0 Å². The van der Waals surface area contributed by atoms with Crippen LogP contribution in [0.2, 0.25) is 0 Å². The molecule has 2 rings (SSSR count). The Hall–Kier alpha value is -1.42. The van der Waals surface area contributed by atoms with Crippen LogP contribution in [0.1, 0.15) is 25.3 Å². The largest absolute Gasteiger partial charge is 0.355 e. The molecule has 19 heavy (non-hydrogen) atoms. The molecule has 1 unspecified atom stereocenters. The van der Waals surface area contributed by atoms with E-state index < -0.39 is 0 Å². The number of piperidine rings is 1. The Morgan fingerprint density at radius 3 is 2.95 bits per heavy atom. The lowest BCUT2D eigenvalue weighted by atomic mass is 9.83. The molecule has 3 nitrogen and oxygen atoms in total. The average Bonchev–Trinajstić information content (AvgIpc) is 2.40. The van der Waals surface area contributed by atoms with E-state index in [1.54, 1.807) is 18.2 Å². The third-order valence-corrected chi connectivity index (χ3v) is 3.71. The molecule has 1 aromatic rings. The summed E-state index contributed by atoms with van der Waals surface area (Å²) < 4.78 is 13.4. The fourth-order valence-corrected chi connectivity index (χ4v) is 2.46. The van der Waals surface area contributed by atoms with E-state index in [1.165, 1.54) is 6.07 Å². The quantitative estimate of drug-likeness (QED) is 0.871. The summed E-state index contributed by atoms with van der Waals surface area (Å²) in [7, 11) is 0. The van der Waals surface area contributed by atoms with Crippen LogP contribution < -0.4 is 10.6 Å². The van der Waals surface area contributed by atoms with Crippen molar-refractivity contribution in [2.45, 2.75) is 26.2 Å². The van der Waals surface area contributed by atoms with Crippen LogP contribution in [-0.2, 0) is 11.2 Å². The zero-order chi connectivity index (χ0) is 13.7. The zero-order valence-electron chi connectivity index (χ0n) is 11.3. The molecule has 1 aliphatic rings. The van der Waals surface area contributed by atoms with Crippen molar-refractivity contribution in [3.63, 3.8) is 0 Å². The smallest absolute Gasteiger partial charge is 0.224 e. The van der Waals surface area contributed by atoms with E-state index in [1.807, 2.05) is 0 Å². The lowest BCUT2D eigenvalue weighted by Gasteiger charge is -2.34. The fraction of sp³-hybridized carbons (Fsp3) is 0.533. The summed E-state index contributed by atoms with van der Waals surface area (Å²) in [6.45, 7) is 4.79. The molecule has 1 heterocycles. The van der Waals surface area contributed by atoms with Crippen molar-refractivity contribution in [3.8, 4) is 0 Å². The Morgan fingerprint density at radius 1 is 1.47 bits per heavy atom. The molecule has 0 spiro atoms. The molecule has 4 heteroatoms. The molecule has 1 aliphatic heterocycles. The predicted octanol–water partition coefficient (Wildman–Crippen LogP) is 1.87. The van der Waals surface area contributed by atoms with E-state index in [2.05, 4.69) is 17.6 Å². The number of rotatable bonds is 4. The van der Waals surface area contributed by atoms with Crippen molar-refractivity contribution in [2.75, 3.05) is 19.6 Å². The SMILES string of the molecule is CC1(CNC(=O)Cc2ccccc2F)CCCNC1. The minimum atomic E-state index is -0.316. The highest BCUT2D eigenvalue weighted by molar-refractivity contribution is 5.78. The van der Waals surface area contributed by atoms with Crippen molar-refractivity contribution in [1.82, 2.24) is 10.6 Å². The van der Waals surface area contributed by atoms with Gasteiger partial charge in [0.2, 0.25) is 5.91 Å². The summed E-state index contributed by atoms with van der Waals surface area (Å²) in [6, 6.07) is 6.41. The van der Waals surface area contributed by atoms with Crippen molar-refractivity contribution in [2.24, 2.45) is 5.41 Å². The van der Waals surface area contributed by atoms with E-state index in [0.717, 1.165) is 25.9 Å². The summed E-state index contributed by atoms with van der Waals surface area (Å²) in [4.78, 5) is 11.9. The third-order valence-electron chi connectivity index (χ3n) is 3.71. The topological polar surface area (TPSA) is 41.1 Å². The first-order valence-corrected chi connectivity index (χ1v) is 6.80. The van der Waals surface area contributed by atoms with Gasteiger partial charge in [-0.05, 0) is 36.4 Å². The third kappa shape index (κ3) is 4.03. The Labute approximate surface area is 113 Å². The van der Waals surface area contributed by atoms with Gasteiger partial charge in [0, 0.05) is 13.1 Å². The second-order valence-electron chi connectivity index (χ2n) is 5.64. The first-order chi connectivity index (χ1) is 9.09. The molecule has 1 fully saturated rings. The number of hydrogen-bond acceptors (Lipinski definition) is 2. The van der Waals surface area contributed by atoms with Gasteiger partial charge in [0.1, 0.15) is 5.82 Å². The molecule has 0 radical (unpaired) electrons. The second kappa shape index (κ2) is 6.15. The minimum absolute atomic E-state index is 0.107. The molecule has 1 atom stereocenters. The average molecular weight is 264 g/mol. The summed E-state index contributed by atoms with van der Waals surface area (Å²) in [5.74, 6) is -0.430. The molecular weight excluding hydrogens is 243 g/mol. The lowest BCUT2D eigenvalue weighted by molar-refractivity contribution is -0.121. The number of nitrogens with one attached hydrogen (secondary N) is 2. The second-order valence-corrected chi connectivity index (χ2v) is 5.64. The van der Waals surface area contributed by atoms with Crippen LogP contribution in [0.25, 0.3) is 0 Å². The van der Waals surface area contributed by atoms with Crippen molar-refractivity contribution in [1.29, 1.82) is 0 Å². The van der Waals surface area contributed by atoms with Crippen molar-refractivity contribution >= 4 is 5.91 Å². The van der Waals surface area contributed by atoms with E-state index >= 15 is 0 Å². The van der Waals surface area contributed by atoms with Gasteiger partial charge in [-0.2, -0.15) is 0 Å². The molecule has 1 aromatic carbocycles. The van der Waals surface area contributed by atoms with Crippen LogP contribution >= 0.6 is 0 Å². The number of benzene rings is 1. The highest BCUT2D eigenvalue weighted by atomic mass is 19.1. The normalized spacial score (nSPS) is 23.1. The summed E-state index contributed by atoms with van der Waals surface area (Å²) in [5, 5.41) is 6.27. The van der Waals surface area contributed by atoms with E-state index in [0.29, 0.717) is 12.1 Å². The molecular formula is C15H21FN2O. The Bertz CT molecular complexity index is 442. The highest BCUT2D eigenvalue weighted by Gasteiger charge is 2.27. The summed E-state index contributed by atoms with van der Waals surface area (Å²) >= 11 is 0. The first kappa shape index (κ1) is 14.0. The molecule has 2 N–H and O–H groups in total. The zero-order valence-corrected chi connectivity index (χ0v) is 11.3. The molecule has 0 saturated carbocycles. The van der Waals surface area contributed by atoms with Gasteiger partial charge in [-0.25, -0.2) is 4.39 Å². The Balaban J connectivity index is 1.83. The van der Waals surface area contributed by atoms with Gasteiger partial charge in [0.05, 0.1) is 6.42 Å². The van der Waals surface area contributed by atoms with Crippen LogP contribution in [0.3, 0.4) is 0 Å². The number of carbonyl (C=O) groups excluding carboxylic acids is 1. The Morgan fingerprint density at radius 2 is 2.26 bits per heavy atom. The van der Waals surface area contributed by atoms with Crippen molar-refractivity contribution in [3.05, 3.63) is 35.6 Å². The first-order valence-electron chi connectivity index (χ1n) is 6.80. The molecule has 0 aliphatic carbocycles. The van der Waals surface area contributed by atoms with Gasteiger partial charge in [-0.15, -0.1) is 0 Å². The molecule has 0 aromatic heterocycles. The highest BCUT2D eigenvalue weighted by Crippen LogP contribution is 2.24. The molecule has 104 valence electrons. The predicted molar refractivity (Wildman–Crippen MR) is 73.3 cm³/mol. The lowest BCUT2D eigenvalue weighted by Crippen LogP contribution is -2.46. The number of carbonyl (C=O) groups is 1. The standard InChI is InChI=1S/C15H21FN2O/c1-15(7-4-8-17-10-15)11-18-14(19)9-12-5-2-3-6-13(12)16/h2-3,5-6,17H,4,7-11H2,1H3,(H,18,19). The van der Waals surface area contributed by atoms with Gasteiger partial charge in [-0.1, -0.05) is 25.1 Å². The van der Waals surface area contributed by atoms with Crippen molar-refractivity contribution < 1.29 is 9.18 Å². The van der Waals surface area contributed by atoms with E-state index in [-0.39, 0.29) is 23.6 Å². The number of hydrogen-bond donors (Lipinski definition) is 2. The minimum Gasteiger partial charge on any atom is -0.355 e. The van der Waals surface area contributed by atoms with Gasteiger partial charge >= 0.3 is 0 Å². The number of halogens is 1. The van der Waals surface area contributed by atoms with Gasteiger partial charge in [0.15, 0.2) is 0 Å². The van der Waals surface area contributed by atoms with Gasteiger partial charge in [-0.3, -0.25) is 4.79 Å². The summed E-state index contributed by atoms with van der Waals surface area (Å²) in [5.41, 5.74) is 0.565.